The van der Waals surface area contributed by atoms with Gasteiger partial charge in [0.1, 0.15) is 6.29 Å². The van der Waals surface area contributed by atoms with Gasteiger partial charge in [0.15, 0.2) is 37.9 Å². The molecule has 0 atom stereocenters. The molecule has 0 unspecified atom stereocenters. The summed E-state index contributed by atoms with van der Waals surface area (Å²) in [6.07, 6.45) is 9.15. The first kappa shape index (κ1) is 30.6. The van der Waals surface area contributed by atoms with Crippen molar-refractivity contribution >= 4 is 14.1 Å². The van der Waals surface area contributed by atoms with Gasteiger partial charge in [-0.1, -0.05) is 36.4 Å². The van der Waals surface area contributed by atoms with Gasteiger partial charge >= 0.3 is 33.0 Å². The predicted octanol–water partition coefficient (Wildman–Crippen LogP) is 4.10. The summed E-state index contributed by atoms with van der Waals surface area (Å²) in [5.74, 6) is 0. The summed E-state index contributed by atoms with van der Waals surface area (Å²) in [7, 11) is -10.7. The van der Waals surface area contributed by atoms with Gasteiger partial charge in [0.25, 0.3) is 0 Å². The fraction of sp³-hybridized carbons (Fsp3) is 0.0769. The van der Waals surface area contributed by atoms with Crippen LogP contribution in [0.15, 0.2) is 97.6 Å². The van der Waals surface area contributed by atoms with E-state index in [0.29, 0.717) is 11.1 Å². The van der Waals surface area contributed by atoms with Crippen molar-refractivity contribution in [1.82, 2.24) is 0 Å². The van der Waals surface area contributed by atoms with Crippen molar-refractivity contribution in [2.45, 2.75) is 13.1 Å². The zero-order valence-electron chi connectivity index (χ0n) is 19.6. The molecule has 0 spiro atoms. The number of aldehydes is 1. The minimum atomic E-state index is -10.7. The molecule has 0 aliphatic rings. The van der Waals surface area contributed by atoms with Crippen LogP contribution in [0.4, 0.5) is 25.2 Å². The minimum absolute atomic E-state index is 0. The molecule has 2 aromatic carbocycles. The van der Waals surface area contributed by atoms with E-state index in [9.17, 15) is 30.0 Å². The van der Waals surface area contributed by atoms with E-state index < -0.39 is 7.81 Å². The molecule has 0 saturated carbocycles. The SMILES string of the molecule is F[P-](F)(F)(F)(F)F.N#Cc1ccc(C[n+]2ccc(-c3cc[n+](Cc4ccc(C=O)cc4)cc3)cc2)cc1.[Br-]. The first-order valence-electron chi connectivity index (χ1n) is 10.8. The van der Waals surface area contributed by atoms with Crippen molar-refractivity contribution in [3.63, 3.8) is 0 Å². The second-order valence-corrected chi connectivity index (χ2v) is 10.1. The Bertz CT molecular complexity index is 1390. The second kappa shape index (κ2) is 11.4. The van der Waals surface area contributed by atoms with Crippen LogP contribution in [-0.2, 0) is 13.1 Å². The maximum absolute atomic E-state index is 10.8. The van der Waals surface area contributed by atoms with E-state index in [0.717, 1.165) is 41.6 Å². The molecule has 4 nitrogen and oxygen atoms in total. The number of pyridine rings is 2. The first-order chi connectivity index (χ1) is 17.2. The molecule has 0 N–H and O–H groups in total. The molecule has 0 bridgehead atoms. The van der Waals surface area contributed by atoms with Gasteiger partial charge in [-0.15, -0.1) is 0 Å². The third-order valence-electron chi connectivity index (χ3n) is 5.04. The Kier molecular flexibility index (Phi) is 9.20. The molecule has 0 radical (unpaired) electrons. The molecule has 200 valence electrons. The first-order valence-corrected chi connectivity index (χ1v) is 12.8. The van der Waals surface area contributed by atoms with Crippen molar-refractivity contribution in [2.75, 3.05) is 0 Å². The van der Waals surface area contributed by atoms with Crippen molar-refractivity contribution in [2.24, 2.45) is 0 Å². The van der Waals surface area contributed by atoms with Crippen LogP contribution in [0.25, 0.3) is 11.1 Å². The smallest absolute Gasteiger partial charge is 0.173 e. The molecule has 0 aliphatic carbocycles. The van der Waals surface area contributed by atoms with Gasteiger partial charge in [0, 0.05) is 41.0 Å². The maximum atomic E-state index is 10.8. The topological polar surface area (TPSA) is 48.6 Å². The van der Waals surface area contributed by atoms with Crippen molar-refractivity contribution in [3.8, 4) is 17.2 Å². The van der Waals surface area contributed by atoms with Crippen LogP contribution in [0, 0.1) is 11.3 Å². The van der Waals surface area contributed by atoms with Gasteiger partial charge in [0.05, 0.1) is 11.6 Å². The third kappa shape index (κ3) is 11.6. The van der Waals surface area contributed by atoms with Crippen molar-refractivity contribution < 1.29 is 56.1 Å². The average Bonchev–Trinajstić information content (AvgIpc) is 2.84. The number of carbonyl (C=O) groups is 1. The zero-order valence-corrected chi connectivity index (χ0v) is 22.1. The molecule has 0 saturated heterocycles. The maximum Gasteiger partial charge on any atom is 0.173 e. The van der Waals surface area contributed by atoms with Crippen molar-refractivity contribution in [3.05, 3.63) is 120 Å². The van der Waals surface area contributed by atoms with Crippen LogP contribution in [0.3, 0.4) is 0 Å². The summed E-state index contributed by atoms with van der Waals surface area (Å²) < 4.78 is 63.4. The average molecular weight is 616 g/mol. The molecule has 0 aliphatic heterocycles. The number of hydrogen-bond acceptors (Lipinski definition) is 2. The summed E-state index contributed by atoms with van der Waals surface area (Å²) in [6.45, 7) is 1.53. The molecule has 38 heavy (non-hydrogen) atoms. The number of carbonyl (C=O) groups excluding carboxylic acids is 1. The summed E-state index contributed by atoms with van der Waals surface area (Å²) >= 11 is 0. The third-order valence-corrected chi connectivity index (χ3v) is 5.04. The standard InChI is InChI=1S/C26H21N3O.BrH.F6P/c27-17-21-1-3-22(4-2-21)18-28-13-9-25(10-14-28)26-11-15-29(16-12-26)19-23-5-7-24(20-30)8-6-23;;1-7(2,3,4,5)6/h1-16,20H,18-19H2;1H;/q+2;;-1/p-1. The second-order valence-electron chi connectivity index (χ2n) is 8.14. The summed E-state index contributed by atoms with van der Waals surface area (Å²) in [4.78, 5) is 10.8. The number of nitrogens with zero attached hydrogens (tertiary/aromatic N) is 3. The molecule has 4 aromatic rings. The normalized spacial score (nSPS) is 12.4. The van der Waals surface area contributed by atoms with E-state index in [1.54, 1.807) is 0 Å². The summed E-state index contributed by atoms with van der Waals surface area (Å²) in [5, 5.41) is 8.90. The number of halogens is 7. The number of hydrogen-bond donors (Lipinski definition) is 0. The Morgan fingerprint density at radius 2 is 1.00 bits per heavy atom. The van der Waals surface area contributed by atoms with Gasteiger partial charge in [-0.25, -0.2) is 9.13 Å². The fourth-order valence-corrected chi connectivity index (χ4v) is 3.32. The van der Waals surface area contributed by atoms with Gasteiger partial charge in [0.2, 0.25) is 0 Å². The van der Waals surface area contributed by atoms with Gasteiger partial charge in [-0.2, -0.15) is 5.26 Å². The molecule has 12 heteroatoms. The largest absolute Gasteiger partial charge is 1.00 e. The quantitative estimate of drug-likeness (QED) is 0.142. The van der Waals surface area contributed by atoms with Crippen LogP contribution >= 0.6 is 7.81 Å². The van der Waals surface area contributed by atoms with Gasteiger partial charge in [-0.05, 0) is 23.3 Å². The van der Waals surface area contributed by atoms with E-state index in [-0.39, 0.29) is 17.0 Å². The van der Waals surface area contributed by atoms with Crippen LogP contribution in [0.1, 0.15) is 27.0 Å². The van der Waals surface area contributed by atoms with E-state index in [1.165, 1.54) is 0 Å². The Labute approximate surface area is 225 Å². The Hall–Kier alpha value is -3.61. The molecular weight excluding hydrogens is 595 g/mol. The van der Waals surface area contributed by atoms with Crippen LogP contribution < -0.4 is 26.1 Å². The zero-order chi connectivity index (χ0) is 27.2. The predicted molar refractivity (Wildman–Crippen MR) is 127 cm³/mol. The minimum Gasteiger partial charge on any atom is -1.00 e. The number of rotatable bonds is 6. The Balaban J connectivity index is 0.000000561. The van der Waals surface area contributed by atoms with Crippen LogP contribution in [-0.4, -0.2) is 6.29 Å². The molecular formula is C26H21BrF6N3OP. The molecule has 0 fully saturated rings. The number of nitriles is 1. The molecule has 2 aromatic heterocycles. The number of benzene rings is 2. The Morgan fingerprint density at radius 1 is 0.658 bits per heavy atom. The van der Waals surface area contributed by atoms with E-state index in [1.807, 2.05) is 48.5 Å². The summed E-state index contributed by atoms with van der Waals surface area (Å²) in [5.41, 5.74) is 6.01. The van der Waals surface area contributed by atoms with E-state index >= 15 is 0 Å². The Morgan fingerprint density at radius 3 is 1.32 bits per heavy atom. The van der Waals surface area contributed by atoms with Crippen molar-refractivity contribution in [1.29, 1.82) is 5.26 Å². The number of aromatic nitrogens is 2. The van der Waals surface area contributed by atoms with Crippen LogP contribution in [0.2, 0.25) is 0 Å². The molecule has 4 rings (SSSR count). The van der Waals surface area contributed by atoms with Crippen LogP contribution in [0.5, 0.6) is 0 Å². The fourth-order valence-electron chi connectivity index (χ4n) is 3.32. The monoisotopic (exact) mass is 615 g/mol. The van der Waals surface area contributed by atoms with Gasteiger partial charge in [-0.3, -0.25) is 4.79 Å². The molecule has 0 amide bonds. The molecule has 2 heterocycles. The van der Waals surface area contributed by atoms with E-state index in [2.05, 4.69) is 64.3 Å². The van der Waals surface area contributed by atoms with Gasteiger partial charge < -0.3 is 17.0 Å². The van der Waals surface area contributed by atoms with E-state index in [4.69, 9.17) is 5.26 Å². The summed E-state index contributed by atoms with van der Waals surface area (Å²) in [6, 6.07) is 25.9.